The first-order chi connectivity index (χ1) is 16.3. The Bertz CT molecular complexity index is 717. The Balaban J connectivity index is 1.71. The van der Waals surface area contributed by atoms with Gasteiger partial charge in [0.15, 0.2) is 0 Å². The molecule has 0 bridgehead atoms. The van der Waals surface area contributed by atoms with Gasteiger partial charge in [0, 0.05) is 6.61 Å². The van der Waals surface area contributed by atoms with Crippen molar-refractivity contribution in [3.8, 4) is 0 Å². The maximum Gasteiger partial charge on any atom is 0.0916 e. The molecule has 2 rings (SSSR count). The van der Waals surface area contributed by atoms with Crippen molar-refractivity contribution in [1.29, 1.82) is 0 Å². The van der Waals surface area contributed by atoms with Crippen molar-refractivity contribution >= 4 is 0 Å². The van der Waals surface area contributed by atoms with Gasteiger partial charge in [0.2, 0.25) is 0 Å². The van der Waals surface area contributed by atoms with Crippen LogP contribution in [0.25, 0.3) is 0 Å². The summed E-state index contributed by atoms with van der Waals surface area (Å²) in [5.74, 6) is 0.511. The number of unbranched alkanes of at least 4 members (excludes halogenated alkanes) is 2. The van der Waals surface area contributed by atoms with Crippen molar-refractivity contribution in [3.63, 3.8) is 0 Å². The highest BCUT2D eigenvalue weighted by molar-refractivity contribution is 5.19. The van der Waals surface area contributed by atoms with Gasteiger partial charge in [0.05, 0.1) is 26.0 Å². The van der Waals surface area contributed by atoms with Gasteiger partial charge in [-0.1, -0.05) is 79.7 Å². The summed E-state index contributed by atoms with van der Waals surface area (Å²) in [6.07, 6.45) is 14.3. The Morgan fingerprint density at radius 3 is 2.21 bits per heavy atom. The topological polar surface area (TPSA) is 18.5 Å². The molecule has 2 nitrogen and oxygen atoms in total. The lowest BCUT2D eigenvalue weighted by Gasteiger charge is -2.24. The van der Waals surface area contributed by atoms with E-state index in [1.54, 1.807) is 0 Å². The lowest BCUT2D eigenvalue weighted by atomic mass is 9.89. The molecule has 182 valence electrons. The normalized spacial score (nSPS) is 13.4. The molecule has 0 saturated carbocycles. The van der Waals surface area contributed by atoms with Crippen molar-refractivity contribution in [2.45, 2.75) is 76.7 Å². The van der Waals surface area contributed by atoms with E-state index in [0.29, 0.717) is 32.2 Å². The minimum atomic E-state index is -0.321. The molecule has 0 aliphatic heterocycles. The molecule has 2 atom stereocenters. The van der Waals surface area contributed by atoms with Gasteiger partial charge in [-0.25, -0.2) is 0 Å². The second-order valence-electron chi connectivity index (χ2n) is 8.68. The Morgan fingerprint density at radius 1 is 0.818 bits per heavy atom. The molecule has 33 heavy (non-hydrogen) atoms. The van der Waals surface area contributed by atoms with Crippen molar-refractivity contribution in [2.75, 3.05) is 26.5 Å². The molecule has 2 aromatic carbocycles. The Labute approximate surface area is 201 Å². The van der Waals surface area contributed by atoms with Crippen LogP contribution in [0.1, 0.15) is 75.3 Å². The molecular weight excluding hydrogens is 411 g/mol. The van der Waals surface area contributed by atoms with Gasteiger partial charge in [-0.2, -0.15) is 0 Å². The van der Waals surface area contributed by atoms with Crippen LogP contribution < -0.4 is 0 Å². The summed E-state index contributed by atoms with van der Waals surface area (Å²) in [6, 6.07) is 21.5. The summed E-state index contributed by atoms with van der Waals surface area (Å²) < 4.78 is 23.9. The van der Waals surface area contributed by atoms with Crippen LogP contribution in [0.4, 0.5) is 4.39 Å². The average Bonchev–Trinajstić information content (AvgIpc) is 2.86. The molecule has 0 aromatic heterocycles. The van der Waals surface area contributed by atoms with Crippen molar-refractivity contribution in [3.05, 3.63) is 83.9 Å². The number of hydrogen-bond donors (Lipinski definition) is 0. The minimum absolute atomic E-state index is 0.228. The van der Waals surface area contributed by atoms with Crippen LogP contribution in [-0.4, -0.2) is 32.6 Å². The van der Waals surface area contributed by atoms with Crippen LogP contribution in [0.15, 0.2) is 72.8 Å². The minimum Gasteiger partial charge on any atom is -0.379 e. The van der Waals surface area contributed by atoms with E-state index >= 15 is 0 Å². The molecule has 0 N–H and O–H groups in total. The third-order valence-electron chi connectivity index (χ3n) is 6.06. The second-order valence-corrected chi connectivity index (χ2v) is 8.68. The monoisotopic (exact) mass is 454 g/mol. The molecule has 0 fully saturated rings. The van der Waals surface area contributed by atoms with Crippen LogP contribution >= 0.6 is 0 Å². The highest BCUT2D eigenvalue weighted by Crippen LogP contribution is 2.27. The summed E-state index contributed by atoms with van der Waals surface area (Å²) >= 11 is 0. The molecule has 0 spiro atoms. The van der Waals surface area contributed by atoms with Gasteiger partial charge < -0.3 is 9.47 Å². The fraction of sp³-hybridized carbons (Fsp3) is 0.533. The van der Waals surface area contributed by atoms with Crippen molar-refractivity contribution in [1.82, 2.24) is 0 Å². The van der Waals surface area contributed by atoms with Gasteiger partial charge in [-0.3, -0.25) is 4.39 Å². The van der Waals surface area contributed by atoms with Crippen molar-refractivity contribution in [2.24, 2.45) is 0 Å². The van der Waals surface area contributed by atoms with E-state index in [1.807, 2.05) is 0 Å². The first-order valence-corrected chi connectivity index (χ1v) is 12.8. The van der Waals surface area contributed by atoms with Gasteiger partial charge >= 0.3 is 0 Å². The largest absolute Gasteiger partial charge is 0.379 e. The molecule has 0 amide bonds. The predicted molar refractivity (Wildman–Crippen MR) is 138 cm³/mol. The van der Waals surface area contributed by atoms with Crippen LogP contribution in [0.5, 0.6) is 0 Å². The number of hydrogen-bond acceptors (Lipinski definition) is 2. The third kappa shape index (κ3) is 12.7. The lowest BCUT2D eigenvalue weighted by molar-refractivity contribution is -0.00671. The zero-order valence-electron chi connectivity index (χ0n) is 20.5. The van der Waals surface area contributed by atoms with E-state index in [1.165, 1.54) is 17.5 Å². The van der Waals surface area contributed by atoms with Crippen LogP contribution in [-0.2, 0) is 15.9 Å². The number of rotatable bonds is 19. The number of allylic oxidation sites excluding steroid dienone is 2. The van der Waals surface area contributed by atoms with Gasteiger partial charge in [0.1, 0.15) is 0 Å². The van der Waals surface area contributed by atoms with E-state index in [0.717, 1.165) is 44.9 Å². The average molecular weight is 455 g/mol. The summed E-state index contributed by atoms with van der Waals surface area (Å²) in [5.41, 5.74) is 2.81. The Morgan fingerprint density at radius 2 is 1.52 bits per heavy atom. The maximum absolute atomic E-state index is 12.2. The number of alkyl halides is 1. The predicted octanol–water partition coefficient (Wildman–Crippen LogP) is 8.08. The molecule has 0 heterocycles. The smallest absolute Gasteiger partial charge is 0.0916 e. The van der Waals surface area contributed by atoms with E-state index in [-0.39, 0.29) is 12.8 Å². The number of ether oxygens (including phenoxy) is 2. The quantitative estimate of drug-likeness (QED) is 0.158. The molecule has 0 aliphatic carbocycles. The Hall–Kier alpha value is -1.97. The maximum atomic E-state index is 12.2. The standard InChI is InChI=1S/C30H43FO2/c1-2-28(29-19-12-8-13-20-29)26-30(33-25-24-32-23-15-22-31)21-14-6-4-3-5-9-16-27-17-10-7-11-18-27/h3-4,7-8,10-13,17-20,28,30H,2,5-6,9,14-16,21-26H2,1H3/b4-3+. The fourth-order valence-corrected chi connectivity index (χ4v) is 4.15. The van der Waals surface area contributed by atoms with E-state index < -0.39 is 0 Å². The molecule has 2 aromatic rings. The second kappa shape index (κ2) is 18.5. The van der Waals surface area contributed by atoms with Crippen molar-refractivity contribution < 1.29 is 13.9 Å². The lowest BCUT2D eigenvalue weighted by Crippen LogP contribution is -2.20. The summed E-state index contributed by atoms with van der Waals surface area (Å²) in [5, 5.41) is 0. The summed E-state index contributed by atoms with van der Waals surface area (Å²) in [4.78, 5) is 0. The fourth-order valence-electron chi connectivity index (χ4n) is 4.15. The number of halogens is 1. The zero-order chi connectivity index (χ0) is 23.4. The summed E-state index contributed by atoms with van der Waals surface area (Å²) in [7, 11) is 0. The first kappa shape index (κ1) is 27.3. The highest BCUT2D eigenvalue weighted by Gasteiger charge is 2.17. The van der Waals surface area contributed by atoms with Crippen LogP contribution in [0.2, 0.25) is 0 Å². The van der Waals surface area contributed by atoms with E-state index in [4.69, 9.17) is 9.47 Å². The van der Waals surface area contributed by atoms with Gasteiger partial charge in [-0.15, -0.1) is 0 Å². The molecule has 0 radical (unpaired) electrons. The van der Waals surface area contributed by atoms with E-state index in [9.17, 15) is 4.39 Å². The van der Waals surface area contributed by atoms with Gasteiger partial charge in [0.25, 0.3) is 0 Å². The number of aryl methyl sites for hydroxylation is 1. The molecule has 0 saturated heterocycles. The number of benzene rings is 2. The van der Waals surface area contributed by atoms with E-state index in [2.05, 4.69) is 79.7 Å². The van der Waals surface area contributed by atoms with Crippen LogP contribution in [0.3, 0.4) is 0 Å². The first-order valence-electron chi connectivity index (χ1n) is 12.8. The highest BCUT2D eigenvalue weighted by atomic mass is 19.1. The molecule has 2 unspecified atom stereocenters. The SMILES string of the molecule is CCC(CC(CCC/C=C/CCCc1ccccc1)OCCOCCCF)c1ccccc1. The van der Waals surface area contributed by atoms with Gasteiger partial charge in [-0.05, 0) is 74.8 Å². The molecular formula is C30H43FO2. The van der Waals surface area contributed by atoms with Crippen LogP contribution in [0, 0.1) is 0 Å². The third-order valence-corrected chi connectivity index (χ3v) is 6.06. The summed E-state index contributed by atoms with van der Waals surface area (Å²) in [6.45, 7) is 3.53. The molecule has 0 aliphatic rings. The Kier molecular flexibility index (Phi) is 15.3. The molecule has 3 heteroatoms. The zero-order valence-corrected chi connectivity index (χ0v) is 20.5.